The number of aliphatic imine (C=N–C) groups is 1. The van der Waals surface area contributed by atoms with Gasteiger partial charge in [0.25, 0.3) is 5.91 Å². The minimum atomic E-state index is -0.973. The monoisotopic (exact) mass is 349 g/mol. The molecule has 1 amide bonds. The second-order valence-corrected chi connectivity index (χ2v) is 5.58. The van der Waals surface area contributed by atoms with Crippen LogP contribution >= 0.6 is 23.2 Å². The highest BCUT2D eigenvalue weighted by Gasteiger charge is 2.28. The number of benzene rings is 1. The van der Waals surface area contributed by atoms with Crippen molar-refractivity contribution in [3.63, 3.8) is 0 Å². The minimum Gasteiger partial charge on any atom is -0.348 e. The molecule has 0 bridgehead atoms. The molecule has 0 radical (unpaired) electrons. The topological polar surface area (TPSA) is 63.6 Å². The number of anilines is 1. The maximum atomic E-state index is 12.3. The summed E-state index contributed by atoms with van der Waals surface area (Å²) in [4.78, 5) is 21.0. The number of nitrogens with zero attached hydrogens (tertiary/aromatic N) is 2. The molecule has 2 aromatic rings. The lowest BCUT2D eigenvalue weighted by Crippen LogP contribution is -2.28. The first-order valence-corrected chi connectivity index (χ1v) is 7.78. The lowest BCUT2D eigenvalue weighted by atomic mass is 10.1. The Labute approximate surface area is 143 Å². The Hall–Kier alpha value is -1.95. The van der Waals surface area contributed by atoms with Gasteiger partial charge in [-0.05, 0) is 25.1 Å². The lowest BCUT2D eigenvalue weighted by molar-refractivity contribution is -0.126. The van der Waals surface area contributed by atoms with E-state index in [2.05, 4.69) is 15.3 Å². The van der Waals surface area contributed by atoms with Gasteiger partial charge in [-0.1, -0.05) is 41.4 Å². The predicted molar refractivity (Wildman–Crippen MR) is 90.4 cm³/mol. The number of hydrogen-bond acceptors (Lipinski definition) is 4. The summed E-state index contributed by atoms with van der Waals surface area (Å²) in [6.07, 6.45) is -0.973. The first-order valence-electron chi connectivity index (χ1n) is 7.02. The van der Waals surface area contributed by atoms with Crippen LogP contribution in [0.3, 0.4) is 0 Å². The third-order valence-electron chi connectivity index (χ3n) is 3.27. The van der Waals surface area contributed by atoms with Gasteiger partial charge in [-0.3, -0.25) is 4.79 Å². The zero-order chi connectivity index (χ0) is 16.4. The summed E-state index contributed by atoms with van der Waals surface area (Å²) in [5, 5.41) is 3.56. The van der Waals surface area contributed by atoms with Crippen LogP contribution in [0.4, 0.5) is 5.69 Å². The minimum absolute atomic E-state index is 0.299. The number of fused-ring (bicyclic) bond motifs is 1. The van der Waals surface area contributed by atoms with Crippen molar-refractivity contribution in [1.29, 1.82) is 0 Å². The van der Waals surface area contributed by atoms with Crippen molar-refractivity contribution in [2.75, 3.05) is 11.9 Å². The van der Waals surface area contributed by atoms with Crippen molar-refractivity contribution in [3.8, 4) is 0 Å². The van der Waals surface area contributed by atoms with Crippen LogP contribution in [-0.4, -0.2) is 29.4 Å². The van der Waals surface area contributed by atoms with E-state index in [0.717, 1.165) is 0 Å². The highest BCUT2D eigenvalue weighted by Crippen LogP contribution is 2.27. The predicted octanol–water partition coefficient (Wildman–Crippen LogP) is 3.54. The summed E-state index contributed by atoms with van der Waals surface area (Å²) in [6, 6.07) is 10.5. The Morgan fingerprint density at radius 1 is 1.22 bits per heavy atom. The molecule has 118 valence electrons. The second-order valence-electron chi connectivity index (χ2n) is 4.78. The lowest BCUT2D eigenvalue weighted by Gasteiger charge is -2.11. The Kier molecular flexibility index (Phi) is 4.61. The largest absolute Gasteiger partial charge is 0.348 e. The molecule has 1 N–H and O–H groups in total. The zero-order valence-corrected chi connectivity index (χ0v) is 13.7. The van der Waals surface area contributed by atoms with Gasteiger partial charge in [-0.15, -0.1) is 0 Å². The molecule has 0 fully saturated rings. The maximum absolute atomic E-state index is 12.3. The molecular weight excluding hydrogens is 337 g/mol. The standard InChI is InChI=1S/C16H13Cl2N3O2/c1-2-23-16-15(22)19-11-7-8-12(18)20-14(11)13(21-16)9-5-3-4-6-10(9)17/h3-8,16H,2H2,1H3,(H,19,22). The van der Waals surface area contributed by atoms with E-state index in [1.54, 1.807) is 25.1 Å². The number of ether oxygens (including phenoxy) is 1. The van der Waals surface area contributed by atoms with Gasteiger partial charge in [0.1, 0.15) is 10.8 Å². The average Bonchev–Trinajstić information content (AvgIpc) is 2.66. The second kappa shape index (κ2) is 6.66. The van der Waals surface area contributed by atoms with Crippen molar-refractivity contribution < 1.29 is 9.53 Å². The van der Waals surface area contributed by atoms with E-state index >= 15 is 0 Å². The normalized spacial score (nSPS) is 17.1. The van der Waals surface area contributed by atoms with Crippen LogP contribution in [0, 0.1) is 0 Å². The number of carbonyl (C=O) groups is 1. The molecule has 5 nitrogen and oxygen atoms in total. The van der Waals surface area contributed by atoms with Gasteiger partial charge in [-0.2, -0.15) is 0 Å². The number of nitrogens with one attached hydrogen (secondary N) is 1. The van der Waals surface area contributed by atoms with E-state index in [1.807, 2.05) is 18.2 Å². The smallest absolute Gasteiger partial charge is 0.276 e. The molecule has 1 aliphatic heterocycles. The van der Waals surface area contributed by atoms with E-state index in [-0.39, 0.29) is 5.91 Å². The molecule has 23 heavy (non-hydrogen) atoms. The molecule has 0 aliphatic carbocycles. The van der Waals surface area contributed by atoms with Crippen molar-refractivity contribution in [3.05, 3.63) is 57.8 Å². The van der Waals surface area contributed by atoms with Crippen molar-refractivity contribution in [1.82, 2.24) is 4.98 Å². The molecule has 1 unspecified atom stereocenters. The summed E-state index contributed by atoms with van der Waals surface area (Å²) in [6.45, 7) is 2.15. The maximum Gasteiger partial charge on any atom is 0.276 e. The number of pyridine rings is 1. The Morgan fingerprint density at radius 3 is 2.74 bits per heavy atom. The van der Waals surface area contributed by atoms with Crippen LogP contribution in [0.15, 0.2) is 41.4 Å². The summed E-state index contributed by atoms with van der Waals surface area (Å²) in [5.41, 5.74) is 2.10. The number of hydrogen-bond donors (Lipinski definition) is 1. The molecule has 1 atom stereocenters. The van der Waals surface area contributed by atoms with Gasteiger partial charge in [0.15, 0.2) is 0 Å². The first-order chi connectivity index (χ1) is 11.1. The Morgan fingerprint density at radius 2 is 2.00 bits per heavy atom. The van der Waals surface area contributed by atoms with Gasteiger partial charge >= 0.3 is 0 Å². The summed E-state index contributed by atoms with van der Waals surface area (Å²) in [5.74, 6) is -0.362. The van der Waals surface area contributed by atoms with Crippen LogP contribution < -0.4 is 5.32 Å². The summed E-state index contributed by atoms with van der Waals surface area (Å²) < 4.78 is 5.42. The SMILES string of the molecule is CCOC1N=C(c2ccccc2Cl)c2nc(Cl)ccc2NC1=O. The van der Waals surface area contributed by atoms with Gasteiger partial charge in [0.05, 0.1) is 16.4 Å². The fourth-order valence-corrected chi connectivity index (χ4v) is 2.64. The van der Waals surface area contributed by atoms with Crippen LogP contribution in [0.25, 0.3) is 0 Å². The van der Waals surface area contributed by atoms with E-state index in [4.69, 9.17) is 27.9 Å². The van der Waals surface area contributed by atoms with Crippen LogP contribution in [-0.2, 0) is 9.53 Å². The van der Waals surface area contributed by atoms with Gasteiger partial charge in [0.2, 0.25) is 6.23 Å². The summed E-state index contributed by atoms with van der Waals surface area (Å²) in [7, 11) is 0. The van der Waals surface area contributed by atoms with Crippen LogP contribution in [0.5, 0.6) is 0 Å². The van der Waals surface area contributed by atoms with E-state index in [1.165, 1.54) is 0 Å². The first kappa shape index (κ1) is 15.9. The van der Waals surface area contributed by atoms with Gasteiger partial charge in [0, 0.05) is 12.2 Å². The number of amides is 1. The zero-order valence-electron chi connectivity index (χ0n) is 12.2. The molecule has 1 aromatic heterocycles. The van der Waals surface area contributed by atoms with Gasteiger partial charge in [-0.25, -0.2) is 9.98 Å². The number of carbonyl (C=O) groups excluding carboxylic acids is 1. The molecule has 0 spiro atoms. The molecule has 1 aliphatic rings. The fraction of sp³-hybridized carbons (Fsp3) is 0.188. The third-order valence-corrected chi connectivity index (χ3v) is 3.81. The highest BCUT2D eigenvalue weighted by atomic mass is 35.5. The van der Waals surface area contributed by atoms with Crippen LogP contribution in [0.2, 0.25) is 10.2 Å². The Balaban J connectivity index is 2.23. The molecule has 0 saturated carbocycles. The van der Waals surface area contributed by atoms with E-state index < -0.39 is 6.23 Å². The third kappa shape index (κ3) is 3.22. The van der Waals surface area contributed by atoms with E-state index in [0.29, 0.717) is 39.4 Å². The molecular formula is C16H13Cl2N3O2. The van der Waals surface area contributed by atoms with Crippen molar-refractivity contribution in [2.24, 2.45) is 4.99 Å². The fourth-order valence-electron chi connectivity index (χ4n) is 2.27. The number of halogens is 2. The van der Waals surface area contributed by atoms with Gasteiger partial charge < -0.3 is 10.1 Å². The highest BCUT2D eigenvalue weighted by molar-refractivity contribution is 6.36. The van der Waals surface area contributed by atoms with Crippen molar-refractivity contribution in [2.45, 2.75) is 13.2 Å². The summed E-state index contributed by atoms with van der Waals surface area (Å²) >= 11 is 12.3. The van der Waals surface area contributed by atoms with Crippen molar-refractivity contribution >= 4 is 40.5 Å². The molecule has 2 heterocycles. The molecule has 0 saturated heterocycles. The van der Waals surface area contributed by atoms with E-state index in [9.17, 15) is 4.79 Å². The molecule has 3 rings (SSSR count). The average molecular weight is 350 g/mol. The molecule has 1 aromatic carbocycles. The number of rotatable bonds is 3. The number of aromatic nitrogens is 1. The molecule has 7 heteroatoms. The quantitative estimate of drug-likeness (QED) is 0.862. The Bertz CT molecular complexity index is 793. The van der Waals surface area contributed by atoms with Crippen LogP contribution in [0.1, 0.15) is 18.2 Å².